The van der Waals surface area contributed by atoms with Crippen molar-refractivity contribution in [2.45, 2.75) is 58.4 Å². The van der Waals surface area contributed by atoms with Crippen molar-refractivity contribution in [3.05, 3.63) is 0 Å². The molecule has 3 N–H and O–H groups in total. The lowest BCUT2D eigenvalue weighted by Crippen LogP contribution is -2.52. The molecule has 2 aliphatic rings. The first-order chi connectivity index (χ1) is 8.83. The van der Waals surface area contributed by atoms with Gasteiger partial charge in [0.05, 0.1) is 0 Å². The van der Waals surface area contributed by atoms with Crippen molar-refractivity contribution in [3.63, 3.8) is 0 Å². The van der Waals surface area contributed by atoms with Crippen LogP contribution in [-0.2, 0) is 4.79 Å². The number of thiocarbonyl (C=S) groups is 1. The topological polar surface area (TPSA) is 53.2 Å². The van der Waals surface area contributed by atoms with Crippen LogP contribution in [0.4, 0.5) is 0 Å². The van der Waals surface area contributed by atoms with Crippen LogP contribution in [0.2, 0.25) is 0 Å². The number of hydrazine groups is 1. The fourth-order valence-electron chi connectivity index (χ4n) is 3.41. The molecule has 0 aromatic rings. The maximum atomic E-state index is 11.9. The highest BCUT2D eigenvalue weighted by Gasteiger charge is 2.40. The number of carbonyl (C=O) groups is 1. The Bertz CT molecular complexity index is 364. The third-order valence-corrected chi connectivity index (χ3v) is 4.34. The Balaban J connectivity index is 1.66. The van der Waals surface area contributed by atoms with Gasteiger partial charge < -0.3 is 5.32 Å². The van der Waals surface area contributed by atoms with Crippen LogP contribution in [0.25, 0.3) is 0 Å². The number of hydrogen-bond donors (Lipinski definition) is 3. The van der Waals surface area contributed by atoms with E-state index >= 15 is 0 Å². The third-order valence-electron chi connectivity index (χ3n) is 4.14. The second kappa shape index (κ2) is 5.65. The van der Waals surface area contributed by atoms with E-state index in [1.54, 1.807) is 0 Å². The van der Waals surface area contributed by atoms with Crippen LogP contribution < -0.4 is 16.2 Å². The summed E-state index contributed by atoms with van der Waals surface area (Å²) in [5.41, 5.74) is 5.38. The minimum absolute atomic E-state index is 0.0515. The molecular formula is C14H25N3OS. The number of rotatable bonds is 2. The molecule has 0 aromatic heterocycles. The van der Waals surface area contributed by atoms with Gasteiger partial charge in [0.1, 0.15) is 0 Å². The Morgan fingerprint density at radius 3 is 2.47 bits per heavy atom. The van der Waals surface area contributed by atoms with Crippen molar-refractivity contribution >= 4 is 23.2 Å². The SMILES string of the molecule is CC(C)(C)NC(=S)NNC(=O)C[C@@H]1C[C@H]2CC[C@@H]1C2. The fourth-order valence-corrected chi connectivity index (χ4v) is 3.77. The standard InChI is InChI=1S/C14H25N3OS/c1-14(2,3)15-13(19)17-16-12(18)8-11-7-9-4-5-10(11)6-9/h9-11H,4-8H2,1-3H3,(H,16,18)(H2,15,17,19)/t9-,10+,11-/m0/s1. The van der Waals surface area contributed by atoms with Gasteiger partial charge in [-0.2, -0.15) is 0 Å². The molecule has 0 aromatic carbocycles. The monoisotopic (exact) mass is 283 g/mol. The Hall–Kier alpha value is -0.840. The molecule has 2 rings (SSSR count). The number of fused-ring (bicyclic) bond motifs is 2. The zero-order chi connectivity index (χ0) is 14.0. The molecule has 0 heterocycles. The van der Waals surface area contributed by atoms with Gasteiger partial charge in [0.25, 0.3) is 0 Å². The highest BCUT2D eigenvalue weighted by atomic mass is 32.1. The summed E-state index contributed by atoms with van der Waals surface area (Å²) in [7, 11) is 0. The highest BCUT2D eigenvalue weighted by Crippen LogP contribution is 2.49. The van der Waals surface area contributed by atoms with Gasteiger partial charge >= 0.3 is 0 Å². The van der Waals surface area contributed by atoms with E-state index < -0.39 is 0 Å². The summed E-state index contributed by atoms with van der Waals surface area (Å²) in [6.07, 6.45) is 5.91. The van der Waals surface area contributed by atoms with Crippen molar-refractivity contribution in [2.24, 2.45) is 17.8 Å². The van der Waals surface area contributed by atoms with Gasteiger partial charge in [-0.15, -0.1) is 0 Å². The van der Waals surface area contributed by atoms with Gasteiger partial charge in [0.15, 0.2) is 5.11 Å². The number of hydrogen-bond acceptors (Lipinski definition) is 2. The van der Waals surface area contributed by atoms with Crippen LogP contribution in [0.15, 0.2) is 0 Å². The van der Waals surface area contributed by atoms with Crippen LogP contribution in [0.5, 0.6) is 0 Å². The smallest absolute Gasteiger partial charge is 0.238 e. The molecule has 2 fully saturated rings. The molecular weight excluding hydrogens is 258 g/mol. The molecule has 2 saturated carbocycles. The molecule has 1 amide bonds. The molecule has 0 unspecified atom stereocenters. The molecule has 0 spiro atoms. The molecule has 5 heteroatoms. The Morgan fingerprint density at radius 2 is 1.95 bits per heavy atom. The first-order valence-electron chi connectivity index (χ1n) is 7.20. The summed E-state index contributed by atoms with van der Waals surface area (Å²) >= 11 is 5.12. The van der Waals surface area contributed by atoms with Crippen molar-refractivity contribution < 1.29 is 4.79 Å². The Labute approximate surface area is 121 Å². The fraction of sp³-hybridized carbons (Fsp3) is 0.857. The van der Waals surface area contributed by atoms with Crippen LogP contribution in [0.1, 0.15) is 52.9 Å². The first-order valence-corrected chi connectivity index (χ1v) is 7.61. The van der Waals surface area contributed by atoms with Crippen LogP contribution in [0, 0.1) is 17.8 Å². The van der Waals surface area contributed by atoms with Crippen LogP contribution in [0.3, 0.4) is 0 Å². The van der Waals surface area contributed by atoms with E-state index in [0.29, 0.717) is 17.5 Å². The number of amides is 1. The van der Waals surface area contributed by atoms with E-state index in [1.807, 2.05) is 20.8 Å². The minimum atomic E-state index is -0.0978. The van der Waals surface area contributed by atoms with Crippen molar-refractivity contribution in [1.82, 2.24) is 16.2 Å². The summed E-state index contributed by atoms with van der Waals surface area (Å²) in [5, 5.41) is 3.57. The van der Waals surface area contributed by atoms with E-state index in [2.05, 4.69) is 16.2 Å². The molecule has 19 heavy (non-hydrogen) atoms. The lowest BCUT2D eigenvalue weighted by molar-refractivity contribution is -0.123. The Kier molecular flexibility index (Phi) is 4.33. The van der Waals surface area contributed by atoms with Gasteiger partial charge in [-0.25, -0.2) is 0 Å². The predicted octanol–water partition coefficient (Wildman–Crippen LogP) is 2.11. The van der Waals surface area contributed by atoms with Gasteiger partial charge in [-0.3, -0.25) is 15.6 Å². The Morgan fingerprint density at radius 1 is 1.21 bits per heavy atom. The minimum Gasteiger partial charge on any atom is -0.357 e. The van der Waals surface area contributed by atoms with Crippen molar-refractivity contribution in [3.8, 4) is 0 Å². The average molecular weight is 283 g/mol. The van der Waals surface area contributed by atoms with Gasteiger partial charge in [0, 0.05) is 12.0 Å². The molecule has 4 nitrogen and oxygen atoms in total. The zero-order valence-corrected chi connectivity index (χ0v) is 12.9. The number of nitrogens with one attached hydrogen (secondary N) is 3. The average Bonchev–Trinajstić information content (AvgIpc) is 2.85. The molecule has 0 aliphatic heterocycles. The predicted molar refractivity (Wildman–Crippen MR) is 80.3 cm³/mol. The maximum Gasteiger partial charge on any atom is 0.238 e. The zero-order valence-electron chi connectivity index (χ0n) is 12.1. The van der Waals surface area contributed by atoms with Gasteiger partial charge in [-0.05, 0) is 70.0 Å². The highest BCUT2D eigenvalue weighted by molar-refractivity contribution is 7.80. The molecule has 3 atom stereocenters. The maximum absolute atomic E-state index is 11.9. The molecule has 0 radical (unpaired) electrons. The third kappa shape index (κ3) is 4.34. The second-order valence-corrected chi connectivity index (χ2v) is 7.42. The summed E-state index contributed by atoms with van der Waals surface area (Å²) in [5.74, 6) is 2.31. The lowest BCUT2D eigenvalue weighted by atomic mass is 9.86. The normalized spacial score (nSPS) is 29.1. The van der Waals surface area contributed by atoms with E-state index in [4.69, 9.17) is 12.2 Å². The number of carbonyl (C=O) groups excluding carboxylic acids is 1. The summed E-state index contributed by atoms with van der Waals surface area (Å²) < 4.78 is 0. The van der Waals surface area contributed by atoms with Crippen LogP contribution in [-0.4, -0.2) is 16.6 Å². The largest absolute Gasteiger partial charge is 0.357 e. The first kappa shape index (κ1) is 14.6. The van der Waals surface area contributed by atoms with E-state index in [0.717, 1.165) is 11.8 Å². The van der Waals surface area contributed by atoms with E-state index in [-0.39, 0.29) is 11.4 Å². The van der Waals surface area contributed by atoms with E-state index in [9.17, 15) is 4.79 Å². The van der Waals surface area contributed by atoms with Crippen molar-refractivity contribution in [1.29, 1.82) is 0 Å². The lowest BCUT2D eigenvalue weighted by Gasteiger charge is -2.24. The van der Waals surface area contributed by atoms with Crippen molar-refractivity contribution in [2.75, 3.05) is 0 Å². The van der Waals surface area contributed by atoms with Gasteiger partial charge in [0.2, 0.25) is 5.91 Å². The summed E-state index contributed by atoms with van der Waals surface area (Å²) in [6, 6.07) is 0. The summed E-state index contributed by atoms with van der Waals surface area (Å²) in [4.78, 5) is 11.9. The molecule has 0 saturated heterocycles. The van der Waals surface area contributed by atoms with Crippen LogP contribution >= 0.6 is 12.2 Å². The molecule has 108 valence electrons. The second-order valence-electron chi connectivity index (χ2n) is 7.02. The quantitative estimate of drug-likeness (QED) is 0.537. The summed E-state index contributed by atoms with van der Waals surface area (Å²) in [6.45, 7) is 6.08. The molecule has 2 bridgehead atoms. The van der Waals surface area contributed by atoms with E-state index in [1.165, 1.54) is 25.7 Å². The molecule has 2 aliphatic carbocycles. The van der Waals surface area contributed by atoms with Gasteiger partial charge in [-0.1, -0.05) is 6.42 Å².